The number of rotatable bonds is 7. The summed E-state index contributed by atoms with van der Waals surface area (Å²) in [6, 6.07) is 8.50. The molecule has 11 nitrogen and oxygen atoms in total. The van der Waals surface area contributed by atoms with E-state index >= 15 is 0 Å². The van der Waals surface area contributed by atoms with Crippen LogP contribution in [0, 0.1) is 0 Å². The molecule has 0 spiro atoms. The van der Waals surface area contributed by atoms with Crippen LogP contribution in [0.25, 0.3) is 6.08 Å². The summed E-state index contributed by atoms with van der Waals surface area (Å²) in [6.07, 6.45) is 3.82. The van der Waals surface area contributed by atoms with Crippen LogP contribution < -0.4 is 9.47 Å². The number of ether oxygens (including phenoxy) is 3. The molecule has 2 saturated heterocycles. The number of ketones is 1. The maximum atomic E-state index is 12.4. The standard InChI is InChI=1S/C27H30N4O7S/c1-17(32)15-31-24(33)21(39-26(31)35)13-18-5-7-19(8-6-18)36-22-14-23(29-16-28-22)37-20-9-11-30(12-10-20)25(34)38-27(2,3)4/h5-8,13-14,16,20H,9-12,15H2,1-4H3/b21-13-. The first-order valence-corrected chi connectivity index (χ1v) is 13.3. The van der Waals surface area contributed by atoms with Gasteiger partial charge in [-0.2, -0.15) is 0 Å². The summed E-state index contributed by atoms with van der Waals surface area (Å²) in [5.41, 5.74) is 0.160. The van der Waals surface area contributed by atoms with Crippen LogP contribution in [0.4, 0.5) is 9.59 Å². The van der Waals surface area contributed by atoms with Crippen molar-refractivity contribution < 1.29 is 33.4 Å². The average Bonchev–Trinajstić information content (AvgIpc) is 3.12. The van der Waals surface area contributed by atoms with E-state index in [4.69, 9.17) is 14.2 Å². The Balaban J connectivity index is 1.31. The van der Waals surface area contributed by atoms with Gasteiger partial charge in [-0.05, 0) is 63.2 Å². The molecule has 0 atom stereocenters. The number of amides is 3. The van der Waals surface area contributed by atoms with Crippen LogP contribution in [0.3, 0.4) is 0 Å². The van der Waals surface area contributed by atoms with E-state index in [1.165, 1.54) is 13.3 Å². The third-order valence-corrected chi connectivity index (χ3v) is 6.56. The molecule has 0 saturated carbocycles. The normalized spacial score (nSPS) is 17.5. The number of likely N-dealkylation sites (tertiary alicyclic amines) is 1. The molecule has 39 heavy (non-hydrogen) atoms. The SMILES string of the molecule is CC(=O)CN1C(=O)S/C(=C\c2ccc(Oc3cc(OC4CCN(C(=O)OC(C)(C)C)CC4)ncn3)cc2)C1=O. The lowest BCUT2D eigenvalue weighted by Crippen LogP contribution is -2.44. The van der Waals surface area contributed by atoms with E-state index in [1.54, 1.807) is 41.3 Å². The molecule has 0 bridgehead atoms. The molecule has 3 heterocycles. The second kappa shape index (κ2) is 11.9. The summed E-state index contributed by atoms with van der Waals surface area (Å²) in [4.78, 5) is 59.2. The van der Waals surface area contributed by atoms with Crippen molar-refractivity contribution in [1.29, 1.82) is 0 Å². The number of carbonyl (C=O) groups excluding carboxylic acids is 4. The molecule has 0 N–H and O–H groups in total. The topological polar surface area (TPSA) is 128 Å². The molecule has 206 valence electrons. The number of hydrogen-bond acceptors (Lipinski definition) is 10. The fourth-order valence-corrected chi connectivity index (χ4v) is 4.70. The molecule has 4 rings (SSSR count). The van der Waals surface area contributed by atoms with E-state index < -0.39 is 16.7 Å². The number of nitrogens with zero attached hydrogens (tertiary/aromatic N) is 4. The van der Waals surface area contributed by atoms with Crippen LogP contribution in [-0.2, 0) is 14.3 Å². The monoisotopic (exact) mass is 554 g/mol. The van der Waals surface area contributed by atoms with Gasteiger partial charge in [-0.3, -0.25) is 19.3 Å². The number of carbonyl (C=O) groups is 4. The van der Waals surface area contributed by atoms with Crippen molar-refractivity contribution >= 4 is 40.9 Å². The second-order valence-electron chi connectivity index (χ2n) is 10.1. The van der Waals surface area contributed by atoms with Gasteiger partial charge in [-0.25, -0.2) is 14.8 Å². The molecule has 0 aliphatic carbocycles. The second-order valence-corrected chi connectivity index (χ2v) is 11.1. The fraction of sp³-hybridized carbons (Fsp3) is 0.407. The van der Waals surface area contributed by atoms with E-state index in [2.05, 4.69) is 9.97 Å². The van der Waals surface area contributed by atoms with Crippen LogP contribution in [0.5, 0.6) is 17.5 Å². The van der Waals surface area contributed by atoms with Crippen molar-refractivity contribution in [2.45, 2.75) is 52.2 Å². The predicted molar refractivity (Wildman–Crippen MR) is 143 cm³/mol. The minimum Gasteiger partial charge on any atom is -0.474 e. The molecule has 2 aromatic rings. The highest BCUT2D eigenvalue weighted by molar-refractivity contribution is 8.18. The molecular weight excluding hydrogens is 524 g/mol. The van der Waals surface area contributed by atoms with Gasteiger partial charge in [0.15, 0.2) is 0 Å². The van der Waals surface area contributed by atoms with Crippen molar-refractivity contribution in [2.24, 2.45) is 0 Å². The van der Waals surface area contributed by atoms with Crippen molar-refractivity contribution in [3.63, 3.8) is 0 Å². The smallest absolute Gasteiger partial charge is 0.410 e. The number of thioether (sulfide) groups is 1. The summed E-state index contributed by atoms with van der Waals surface area (Å²) in [5, 5.41) is -0.461. The maximum Gasteiger partial charge on any atom is 0.410 e. The Labute approximate surface area is 230 Å². The molecule has 3 amide bonds. The van der Waals surface area contributed by atoms with Gasteiger partial charge in [0, 0.05) is 25.9 Å². The quantitative estimate of drug-likeness (QED) is 0.445. The predicted octanol–water partition coefficient (Wildman–Crippen LogP) is 4.67. The number of aromatic nitrogens is 2. The Morgan fingerprint density at radius 1 is 1.08 bits per heavy atom. The van der Waals surface area contributed by atoms with E-state index in [9.17, 15) is 19.2 Å². The van der Waals surface area contributed by atoms with Crippen LogP contribution in [-0.4, -0.2) is 74.1 Å². The molecule has 0 radical (unpaired) electrons. The average molecular weight is 555 g/mol. The van der Waals surface area contributed by atoms with E-state index in [-0.39, 0.29) is 29.4 Å². The van der Waals surface area contributed by atoms with Crippen LogP contribution in [0.15, 0.2) is 41.6 Å². The minimum absolute atomic E-state index is 0.104. The molecule has 2 aliphatic rings. The Morgan fingerprint density at radius 2 is 1.74 bits per heavy atom. The van der Waals surface area contributed by atoms with Gasteiger partial charge < -0.3 is 19.1 Å². The highest BCUT2D eigenvalue weighted by atomic mass is 32.2. The Kier molecular flexibility index (Phi) is 8.54. The molecule has 2 aliphatic heterocycles. The van der Waals surface area contributed by atoms with E-state index in [0.717, 1.165) is 16.7 Å². The third kappa shape index (κ3) is 7.79. The van der Waals surface area contributed by atoms with Gasteiger partial charge in [0.05, 0.1) is 17.5 Å². The Bertz CT molecular complexity index is 1280. The lowest BCUT2D eigenvalue weighted by Gasteiger charge is -2.33. The summed E-state index contributed by atoms with van der Waals surface area (Å²) in [5.74, 6) is 0.427. The summed E-state index contributed by atoms with van der Waals surface area (Å²) in [6.45, 7) is 7.68. The zero-order valence-corrected chi connectivity index (χ0v) is 23.0. The van der Waals surface area contributed by atoms with Crippen LogP contribution >= 0.6 is 11.8 Å². The van der Waals surface area contributed by atoms with Crippen molar-refractivity contribution in [3.8, 4) is 17.5 Å². The van der Waals surface area contributed by atoms with Crippen molar-refractivity contribution in [1.82, 2.24) is 19.8 Å². The third-order valence-electron chi connectivity index (χ3n) is 5.65. The van der Waals surface area contributed by atoms with Crippen LogP contribution in [0.1, 0.15) is 46.1 Å². The fourth-order valence-electron chi connectivity index (χ4n) is 3.86. The van der Waals surface area contributed by atoms with Gasteiger partial charge in [-0.15, -0.1) is 0 Å². The zero-order valence-electron chi connectivity index (χ0n) is 22.2. The Morgan fingerprint density at radius 3 is 2.38 bits per heavy atom. The van der Waals surface area contributed by atoms with Gasteiger partial charge in [-0.1, -0.05) is 12.1 Å². The largest absolute Gasteiger partial charge is 0.474 e. The summed E-state index contributed by atoms with van der Waals surface area (Å²) >= 11 is 0.803. The molecule has 12 heteroatoms. The highest BCUT2D eigenvalue weighted by Gasteiger charge is 2.35. The lowest BCUT2D eigenvalue weighted by molar-refractivity contribution is -0.127. The number of piperidine rings is 1. The van der Waals surface area contributed by atoms with E-state index in [1.807, 2.05) is 20.8 Å². The van der Waals surface area contributed by atoms with Crippen molar-refractivity contribution in [2.75, 3.05) is 19.6 Å². The summed E-state index contributed by atoms with van der Waals surface area (Å²) < 4.78 is 17.3. The molecule has 1 aromatic heterocycles. The first kappa shape index (κ1) is 28.1. The number of imide groups is 1. The van der Waals surface area contributed by atoms with Crippen molar-refractivity contribution in [3.05, 3.63) is 47.1 Å². The minimum atomic E-state index is -0.535. The van der Waals surface area contributed by atoms with Gasteiger partial charge in [0.25, 0.3) is 11.1 Å². The van der Waals surface area contributed by atoms with Gasteiger partial charge in [0.2, 0.25) is 11.8 Å². The van der Waals surface area contributed by atoms with Crippen LogP contribution in [0.2, 0.25) is 0 Å². The molecule has 0 unspecified atom stereocenters. The maximum absolute atomic E-state index is 12.4. The molecular formula is C27H30N4O7S. The Hall–Kier alpha value is -3.93. The zero-order chi connectivity index (χ0) is 28.2. The lowest BCUT2D eigenvalue weighted by atomic mass is 10.1. The van der Waals surface area contributed by atoms with E-state index in [0.29, 0.717) is 49.0 Å². The highest BCUT2D eigenvalue weighted by Crippen LogP contribution is 2.32. The number of hydrogen-bond donors (Lipinski definition) is 0. The van der Waals surface area contributed by atoms with Gasteiger partial charge in [0.1, 0.15) is 29.6 Å². The number of benzene rings is 1. The number of Topliss-reactive ketones (excluding diaryl/α,β-unsaturated/α-hetero) is 1. The molecule has 1 aromatic carbocycles. The first-order valence-electron chi connectivity index (χ1n) is 12.5. The first-order chi connectivity index (χ1) is 18.5. The summed E-state index contributed by atoms with van der Waals surface area (Å²) in [7, 11) is 0. The molecule has 2 fully saturated rings. The van der Waals surface area contributed by atoms with Gasteiger partial charge >= 0.3 is 6.09 Å².